The van der Waals surface area contributed by atoms with Crippen molar-refractivity contribution >= 4 is 23.1 Å². The molecule has 2 amide bonds. The average molecular weight is 392 g/mol. The molecule has 0 spiro atoms. The first-order valence-electron chi connectivity index (χ1n) is 9.54. The third kappa shape index (κ3) is 4.16. The van der Waals surface area contributed by atoms with E-state index in [1.165, 1.54) is 11.0 Å². The highest BCUT2D eigenvalue weighted by atomic mass is 16.5. The Bertz CT molecular complexity index is 951. The van der Waals surface area contributed by atoms with Crippen molar-refractivity contribution in [3.05, 3.63) is 72.4 Å². The zero-order chi connectivity index (χ0) is 20.8. The van der Waals surface area contributed by atoms with E-state index in [1.54, 1.807) is 18.2 Å². The lowest BCUT2D eigenvalue weighted by atomic mass is 10.0. The lowest BCUT2D eigenvalue weighted by Crippen LogP contribution is -2.32. The number of ether oxygens (including phenoxy) is 2. The molecule has 0 unspecified atom stereocenters. The molecule has 0 aliphatic carbocycles. The minimum absolute atomic E-state index is 0.145. The van der Waals surface area contributed by atoms with Crippen LogP contribution < -0.4 is 14.8 Å². The maximum atomic E-state index is 13.0. The monoisotopic (exact) mass is 392 g/mol. The van der Waals surface area contributed by atoms with Gasteiger partial charge in [0, 0.05) is 18.3 Å². The van der Waals surface area contributed by atoms with Gasteiger partial charge in [0.15, 0.2) is 11.5 Å². The van der Waals surface area contributed by atoms with Crippen LogP contribution >= 0.6 is 0 Å². The number of nitrogens with zero attached hydrogens (tertiary/aromatic N) is 1. The zero-order valence-electron chi connectivity index (χ0n) is 16.6. The van der Waals surface area contributed by atoms with Crippen molar-refractivity contribution in [1.29, 1.82) is 0 Å². The van der Waals surface area contributed by atoms with E-state index >= 15 is 0 Å². The fourth-order valence-corrected chi connectivity index (χ4v) is 3.13. The molecule has 0 bridgehead atoms. The second kappa shape index (κ2) is 9.10. The van der Waals surface area contributed by atoms with Crippen LogP contribution in [0.2, 0.25) is 0 Å². The van der Waals surface area contributed by atoms with Gasteiger partial charge in [-0.05, 0) is 31.5 Å². The van der Waals surface area contributed by atoms with E-state index in [-0.39, 0.29) is 24.1 Å². The summed E-state index contributed by atoms with van der Waals surface area (Å²) in [5, 5.41) is 3.12. The molecule has 6 nitrogen and oxygen atoms in total. The molecule has 1 aliphatic rings. The summed E-state index contributed by atoms with van der Waals surface area (Å²) in [7, 11) is 0. The van der Waals surface area contributed by atoms with Gasteiger partial charge in [-0.2, -0.15) is 0 Å². The standard InChI is InChI=1S/C23H24N2O4/c1-4-14-25-22(26)20(16-10-8-7-9-11-16)21(23(25)27)24-17-12-13-18(28-5-2)19(15-17)29-6-3/h4,7-13,15,24H,1,5-6,14H2,2-3H3. The van der Waals surface area contributed by atoms with Gasteiger partial charge in [-0.1, -0.05) is 36.4 Å². The molecular formula is C23H24N2O4. The van der Waals surface area contributed by atoms with Crippen molar-refractivity contribution in [1.82, 2.24) is 4.90 Å². The van der Waals surface area contributed by atoms with Crippen LogP contribution in [0.1, 0.15) is 19.4 Å². The van der Waals surface area contributed by atoms with E-state index in [4.69, 9.17) is 9.47 Å². The number of benzene rings is 2. The molecule has 1 heterocycles. The summed E-state index contributed by atoms with van der Waals surface area (Å²) >= 11 is 0. The van der Waals surface area contributed by atoms with Crippen molar-refractivity contribution in [2.45, 2.75) is 13.8 Å². The van der Waals surface area contributed by atoms with Gasteiger partial charge in [-0.15, -0.1) is 6.58 Å². The number of imide groups is 1. The molecule has 150 valence electrons. The highest BCUT2D eigenvalue weighted by Gasteiger charge is 2.38. The number of carbonyl (C=O) groups is 2. The van der Waals surface area contributed by atoms with Gasteiger partial charge in [-0.25, -0.2) is 0 Å². The predicted molar refractivity (Wildman–Crippen MR) is 113 cm³/mol. The number of hydrogen-bond acceptors (Lipinski definition) is 5. The summed E-state index contributed by atoms with van der Waals surface area (Å²) in [5.74, 6) is 0.459. The smallest absolute Gasteiger partial charge is 0.278 e. The molecule has 6 heteroatoms. The van der Waals surface area contributed by atoms with Gasteiger partial charge in [0.25, 0.3) is 11.8 Å². The molecule has 0 radical (unpaired) electrons. The summed E-state index contributed by atoms with van der Waals surface area (Å²) < 4.78 is 11.2. The Labute approximate surface area is 170 Å². The normalized spacial score (nSPS) is 13.7. The quantitative estimate of drug-likeness (QED) is 0.518. The number of carbonyl (C=O) groups excluding carboxylic acids is 2. The molecule has 0 aromatic heterocycles. The van der Waals surface area contributed by atoms with Crippen molar-refractivity contribution < 1.29 is 19.1 Å². The van der Waals surface area contributed by atoms with E-state index in [0.717, 1.165) is 0 Å². The molecule has 2 aromatic rings. The van der Waals surface area contributed by atoms with Crippen molar-refractivity contribution in [2.24, 2.45) is 0 Å². The Balaban J connectivity index is 2.02. The van der Waals surface area contributed by atoms with E-state index in [2.05, 4.69) is 11.9 Å². The van der Waals surface area contributed by atoms with Gasteiger partial charge in [0.05, 0.1) is 18.8 Å². The molecule has 1 aliphatic heterocycles. The average Bonchev–Trinajstić information content (AvgIpc) is 2.95. The van der Waals surface area contributed by atoms with Gasteiger partial charge in [0.1, 0.15) is 5.70 Å². The summed E-state index contributed by atoms with van der Waals surface area (Å²) in [6.45, 7) is 8.57. The maximum absolute atomic E-state index is 13.0. The van der Waals surface area contributed by atoms with Gasteiger partial charge in [0.2, 0.25) is 0 Å². The van der Waals surface area contributed by atoms with Crippen LogP contribution in [0.15, 0.2) is 66.9 Å². The number of amides is 2. The Kier molecular flexibility index (Phi) is 6.34. The minimum Gasteiger partial charge on any atom is -0.490 e. The molecule has 29 heavy (non-hydrogen) atoms. The summed E-state index contributed by atoms with van der Waals surface area (Å²) in [4.78, 5) is 27.1. The largest absolute Gasteiger partial charge is 0.490 e. The Hall–Kier alpha value is -3.54. The molecule has 3 rings (SSSR count). The first kappa shape index (κ1) is 20.2. The molecule has 0 saturated heterocycles. The zero-order valence-corrected chi connectivity index (χ0v) is 16.6. The lowest BCUT2D eigenvalue weighted by Gasteiger charge is -2.15. The fourth-order valence-electron chi connectivity index (χ4n) is 3.13. The van der Waals surface area contributed by atoms with Crippen LogP contribution in [0.5, 0.6) is 11.5 Å². The molecule has 0 saturated carbocycles. The van der Waals surface area contributed by atoms with Gasteiger partial charge in [-0.3, -0.25) is 14.5 Å². The number of anilines is 1. The molecule has 2 aromatic carbocycles. The fraction of sp³-hybridized carbons (Fsp3) is 0.217. The van der Waals surface area contributed by atoms with E-state index < -0.39 is 0 Å². The van der Waals surface area contributed by atoms with Crippen LogP contribution in [0.4, 0.5) is 5.69 Å². The second-order valence-corrected chi connectivity index (χ2v) is 6.28. The molecule has 0 fully saturated rings. The van der Waals surface area contributed by atoms with Crippen LogP contribution in [-0.2, 0) is 9.59 Å². The van der Waals surface area contributed by atoms with E-state index in [0.29, 0.717) is 41.5 Å². The van der Waals surface area contributed by atoms with Crippen molar-refractivity contribution in [2.75, 3.05) is 25.1 Å². The third-order valence-corrected chi connectivity index (χ3v) is 4.35. The van der Waals surface area contributed by atoms with Gasteiger partial charge >= 0.3 is 0 Å². The van der Waals surface area contributed by atoms with E-state index in [1.807, 2.05) is 44.2 Å². The van der Waals surface area contributed by atoms with Crippen LogP contribution in [-0.4, -0.2) is 36.5 Å². The van der Waals surface area contributed by atoms with E-state index in [9.17, 15) is 9.59 Å². The summed E-state index contributed by atoms with van der Waals surface area (Å²) in [5.41, 5.74) is 1.87. The summed E-state index contributed by atoms with van der Waals surface area (Å²) in [6, 6.07) is 14.5. The Morgan fingerprint density at radius 3 is 2.31 bits per heavy atom. The number of nitrogens with one attached hydrogen (secondary N) is 1. The van der Waals surface area contributed by atoms with Crippen molar-refractivity contribution in [3.63, 3.8) is 0 Å². The first-order chi connectivity index (χ1) is 14.1. The lowest BCUT2D eigenvalue weighted by molar-refractivity contribution is -0.136. The van der Waals surface area contributed by atoms with Crippen LogP contribution in [0.3, 0.4) is 0 Å². The van der Waals surface area contributed by atoms with Crippen molar-refractivity contribution in [3.8, 4) is 11.5 Å². The molecule has 1 N–H and O–H groups in total. The van der Waals surface area contributed by atoms with Crippen LogP contribution in [0, 0.1) is 0 Å². The van der Waals surface area contributed by atoms with Crippen LogP contribution in [0.25, 0.3) is 5.57 Å². The first-order valence-corrected chi connectivity index (χ1v) is 9.54. The SMILES string of the molecule is C=CCN1C(=O)C(Nc2ccc(OCC)c(OCC)c2)=C(c2ccccc2)C1=O. The highest BCUT2D eigenvalue weighted by molar-refractivity contribution is 6.36. The minimum atomic E-state index is -0.388. The summed E-state index contributed by atoms with van der Waals surface area (Å²) in [6.07, 6.45) is 1.53. The number of rotatable bonds is 9. The Morgan fingerprint density at radius 1 is 0.966 bits per heavy atom. The highest BCUT2D eigenvalue weighted by Crippen LogP contribution is 2.34. The topological polar surface area (TPSA) is 67.9 Å². The third-order valence-electron chi connectivity index (χ3n) is 4.35. The predicted octanol–water partition coefficient (Wildman–Crippen LogP) is 3.86. The second-order valence-electron chi connectivity index (χ2n) is 6.28. The number of hydrogen-bond donors (Lipinski definition) is 1. The Morgan fingerprint density at radius 2 is 1.66 bits per heavy atom. The maximum Gasteiger partial charge on any atom is 0.278 e. The molecule has 0 atom stereocenters. The van der Waals surface area contributed by atoms with Gasteiger partial charge < -0.3 is 14.8 Å². The molecular weight excluding hydrogens is 368 g/mol.